The number of thioether (sulfide) groups is 1. The van der Waals surface area contributed by atoms with Crippen molar-refractivity contribution in [2.45, 2.75) is 69.3 Å². The Balaban J connectivity index is 1.49. The molecule has 4 heterocycles. The first-order valence-electron chi connectivity index (χ1n) is 10.7. The van der Waals surface area contributed by atoms with Gasteiger partial charge in [-0.3, -0.25) is 9.36 Å². The van der Waals surface area contributed by atoms with Gasteiger partial charge in [0.2, 0.25) is 5.89 Å². The van der Waals surface area contributed by atoms with Gasteiger partial charge < -0.3 is 4.42 Å². The van der Waals surface area contributed by atoms with Crippen molar-refractivity contribution in [1.82, 2.24) is 19.7 Å². The first-order valence-corrected chi connectivity index (χ1v) is 13.3. The van der Waals surface area contributed by atoms with Crippen molar-refractivity contribution in [1.29, 1.82) is 0 Å². The zero-order valence-corrected chi connectivity index (χ0v) is 20.0. The van der Waals surface area contributed by atoms with E-state index in [1.54, 1.807) is 22.7 Å². The van der Waals surface area contributed by atoms with Crippen molar-refractivity contribution in [3.8, 4) is 10.8 Å². The highest BCUT2D eigenvalue weighted by atomic mass is 32.2. The van der Waals surface area contributed by atoms with E-state index in [1.807, 2.05) is 29.0 Å². The third-order valence-corrected chi connectivity index (χ3v) is 8.70. The average molecular weight is 473 g/mol. The van der Waals surface area contributed by atoms with Crippen LogP contribution in [0.15, 0.2) is 31.9 Å². The van der Waals surface area contributed by atoms with Crippen molar-refractivity contribution in [3.05, 3.63) is 44.2 Å². The molecule has 0 spiro atoms. The molecule has 6 nitrogen and oxygen atoms in total. The molecule has 0 saturated heterocycles. The molecule has 1 aliphatic rings. The molecule has 0 aliphatic heterocycles. The highest BCUT2D eigenvalue weighted by Crippen LogP contribution is 2.38. The molecule has 0 bridgehead atoms. The number of thiophene rings is 2. The summed E-state index contributed by atoms with van der Waals surface area (Å²) in [5, 5.41) is 11.9. The summed E-state index contributed by atoms with van der Waals surface area (Å²) in [6, 6.07) is 3.94. The minimum Gasteiger partial charge on any atom is -0.419 e. The van der Waals surface area contributed by atoms with Crippen LogP contribution in [0.4, 0.5) is 0 Å². The minimum absolute atomic E-state index is 0.102. The number of fused-ring (bicyclic) bond motifs is 3. The van der Waals surface area contributed by atoms with Crippen LogP contribution in [0.1, 0.15) is 61.1 Å². The van der Waals surface area contributed by atoms with Gasteiger partial charge >= 0.3 is 0 Å². The molecule has 0 amide bonds. The summed E-state index contributed by atoms with van der Waals surface area (Å²) in [4.78, 5) is 21.6. The summed E-state index contributed by atoms with van der Waals surface area (Å²) in [5.74, 6) is 1.09. The summed E-state index contributed by atoms with van der Waals surface area (Å²) in [6.45, 7) is 4.89. The van der Waals surface area contributed by atoms with E-state index in [-0.39, 0.29) is 10.8 Å². The Morgan fingerprint density at radius 1 is 1.29 bits per heavy atom. The van der Waals surface area contributed by atoms with Crippen molar-refractivity contribution >= 4 is 44.7 Å². The summed E-state index contributed by atoms with van der Waals surface area (Å²) in [5.41, 5.74) is 1.35. The highest BCUT2D eigenvalue weighted by molar-refractivity contribution is 7.99. The Kier molecular flexibility index (Phi) is 5.99. The molecular formula is C22H24N4O2S3. The highest BCUT2D eigenvalue weighted by Gasteiger charge is 2.25. The van der Waals surface area contributed by atoms with Crippen molar-refractivity contribution in [2.24, 2.45) is 0 Å². The third-order valence-electron chi connectivity index (χ3n) is 5.58. The Bertz CT molecular complexity index is 1260. The number of rotatable bonds is 8. The number of aryl methyl sites for hydroxylation is 2. The number of aromatic nitrogens is 4. The normalized spacial score (nSPS) is 14.4. The smallest absolute Gasteiger partial charge is 0.263 e. The maximum Gasteiger partial charge on any atom is 0.263 e. The van der Waals surface area contributed by atoms with Crippen molar-refractivity contribution in [2.75, 3.05) is 0 Å². The molecule has 1 aliphatic carbocycles. The van der Waals surface area contributed by atoms with E-state index in [4.69, 9.17) is 9.40 Å². The van der Waals surface area contributed by atoms with Crippen molar-refractivity contribution < 1.29 is 4.42 Å². The van der Waals surface area contributed by atoms with E-state index in [1.165, 1.54) is 22.2 Å². The number of nitrogens with zero attached hydrogens (tertiary/aromatic N) is 4. The lowest BCUT2D eigenvalue weighted by Crippen LogP contribution is -2.23. The lowest BCUT2D eigenvalue weighted by Gasteiger charge is -2.14. The van der Waals surface area contributed by atoms with Gasteiger partial charge in [0.25, 0.3) is 11.4 Å². The molecule has 162 valence electrons. The van der Waals surface area contributed by atoms with Crippen LogP contribution in [-0.2, 0) is 19.4 Å². The van der Waals surface area contributed by atoms with E-state index in [0.29, 0.717) is 18.3 Å². The maximum absolute atomic E-state index is 13.5. The average Bonchev–Trinajstić information content (AvgIpc) is 3.53. The number of unbranched alkanes of at least 4 members (excludes halogenated alkanes) is 2. The molecule has 1 unspecified atom stereocenters. The first-order chi connectivity index (χ1) is 15.2. The van der Waals surface area contributed by atoms with Crippen LogP contribution in [0.2, 0.25) is 0 Å². The van der Waals surface area contributed by atoms with Crippen LogP contribution in [0.5, 0.6) is 0 Å². The summed E-state index contributed by atoms with van der Waals surface area (Å²) in [6.07, 6.45) is 6.39. The quantitative estimate of drug-likeness (QED) is 0.175. The van der Waals surface area contributed by atoms with E-state index >= 15 is 0 Å². The van der Waals surface area contributed by atoms with Crippen LogP contribution >= 0.6 is 34.4 Å². The molecule has 0 saturated carbocycles. The minimum atomic E-state index is -0.102. The lowest BCUT2D eigenvalue weighted by molar-refractivity contribution is 0.507. The summed E-state index contributed by atoms with van der Waals surface area (Å²) < 4.78 is 7.80. The van der Waals surface area contributed by atoms with Crippen LogP contribution in [0.3, 0.4) is 0 Å². The summed E-state index contributed by atoms with van der Waals surface area (Å²) >= 11 is 4.79. The predicted molar refractivity (Wildman–Crippen MR) is 127 cm³/mol. The first kappa shape index (κ1) is 20.9. The van der Waals surface area contributed by atoms with Gasteiger partial charge in [-0.1, -0.05) is 37.6 Å². The molecule has 0 N–H and O–H groups in total. The van der Waals surface area contributed by atoms with Gasteiger partial charge in [-0.05, 0) is 49.6 Å². The molecule has 5 rings (SSSR count). The summed E-state index contributed by atoms with van der Waals surface area (Å²) in [7, 11) is 0. The van der Waals surface area contributed by atoms with Gasteiger partial charge in [0.05, 0.1) is 15.5 Å². The maximum atomic E-state index is 13.5. The second kappa shape index (κ2) is 8.88. The SMILES string of the molecule is CCCCCn1c(SC(C)c2nnc(-c3cccs3)o2)nc2sc3c(c2c1=O)CCC3. The third kappa shape index (κ3) is 3.99. The molecule has 1 atom stereocenters. The lowest BCUT2D eigenvalue weighted by atomic mass is 10.2. The van der Waals surface area contributed by atoms with Gasteiger partial charge in [-0.15, -0.1) is 32.9 Å². The Morgan fingerprint density at radius 3 is 3.00 bits per heavy atom. The standard InChI is InChI=1S/C22H24N4O2S3/c1-3-4-5-11-26-21(27)17-14-8-6-9-15(14)31-20(17)23-22(26)30-13(2)18-24-25-19(28-18)16-10-7-12-29-16/h7,10,12-13H,3-6,8-9,11H2,1-2H3. The van der Waals surface area contributed by atoms with Gasteiger partial charge in [-0.25, -0.2) is 4.98 Å². The Morgan fingerprint density at radius 2 is 2.19 bits per heavy atom. The molecule has 9 heteroatoms. The van der Waals surface area contributed by atoms with Crippen LogP contribution < -0.4 is 5.56 Å². The second-order valence-corrected chi connectivity index (χ2v) is 11.1. The molecule has 0 radical (unpaired) electrons. The number of hydrogen-bond acceptors (Lipinski definition) is 8. The molecule has 0 fully saturated rings. The largest absolute Gasteiger partial charge is 0.419 e. The van der Waals surface area contributed by atoms with Crippen molar-refractivity contribution in [3.63, 3.8) is 0 Å². The monoisotopic (exact) mass is 472 g/mol. The molecule has 4 aromatic rings. The van der Waals surface area contributed by atoms with E-state index in [0.717, 1.165) is 58.8 Å². The molecule has 4 aromatic heterocycles. The Hall–Kier alpha value is -1.97. The van der Waals surface area contributed by atoms with Gasteiger partial charge in [-0.2, -0.15) is 0 Å². The van der Waals surface area contributed by atoms with E-state index in [9.17, 15) is 4.79 Å². The van der Waals surface area contributed by atoms with Gasteiger partial charge in [0.1, 0.15) is 4.83 Å². The van der Waals surface area contributed by atoms with Crippen LogP contribution in [0.25, 0.3) is 21.0 Å². The fourth-order valence-corrected chi connectivity index (χ4v) is 6.88. The van der Waals surface area contributed by atoms with Crippen LogP contribution in [0, 0.1) is 0 Å². The topological polar surface area (TPSA) is 73.8 Å². The molecular weight excluding hydrogens is 448 g/mol. The Labute approximate surface area is 192 Å². The zero-order valence-electron chi connectivity index (χ0n) is 17.6. The second-order valence-electron chi connectivity index (χ2n) is 7.78. The number of hydrogen-bond donors (Lipinski definition) is 0. The molecule has 0 aromatic carbocycles. The molecule has 31 heavy (non-hydrogen) atoms. The van der Waals surface area contributed by atoms with Crippen LogP contribution in [-0.4, -0.2) is 19.7 Å². The predicted octanol–water partition coefficient (Wildman–Crippen LogP) is 6.10. The van der Waals surface area contributed by atoms with E-state index < -0.39 is 0 Å². The fraction of sp³-hybridized carbons (Fsp3) is 0.455. The van der Waals surface area contributed by atoms with E-state index in [2.05, 4.69) is 17.1 Å². The fourth-order valence-electron chi connectivity index (χ4n) is 3.97. The zero-order chi connectivity index (χ0) is 21.4. The van der Waals surface area contributed by atoms with Gasteiger partial charge in [0, 0.05) is 11.4 Å². The van der Waals surface area contributed by atoms with Gasteiger partial charge in [0.15, 0.2) is 5.16 Å².